The first kappa shape index (κ1) is 9.06. The quantitative estimate of drug-likeness (QED) is 0.773. The predicted octanol–water partition coefficient (Wildman–Crippen LogP) is 1.76. The first-order valence-corrected chi connectivity index (χ1v) is 4.83. The molecule has 1 aliphatic heterocycles. The molecule has 1 N–H and O–H groups in total. The van der Waals surface area contributed by atoms with Crippen LogP contribution in [0.4, 0.5) is 0 Å². The van der Waals surface area contributed by atoms with Crippen LogP contribution < -0.4 is 0 Å². The number of carbonyl (C=O) groups excluding carboxylic acids is 1. The van der Waals surface area contributed by atoms with Gasteiger partial charge in [0.25, 0.3) is 5.91 Å². The molecular formula is C11H13NO2. The number of phenolic OH excluding ortho intramolecular Hbond substituents is 1. The number of aromatic hydroxyl groups is 1. The number of hydrogen-bond acceptors (Lipinski definition) is 2. The molecule has 0 unspecified atom stereocenters. The molecule has 0 bridgehead atoms. The van der Waals surface area contributed by atoms with Crippen LogP contribution in [0, 0.1) is 0 Å². The molecule has 14 heavy (non-hydrogen) atoms. The molecule has 0 radical (unpaired) electrons. The van der Waals surface area contributed by atoms with Crippen LogP contribution in [0.5, 0.6) is 5.75 Å². The normalized spacial score (nSPS) is 14.6. The van der Waals surface area contributed by atoms with E-state index < -0.39 is 0 Å². The van der Waals surface area contributed by atoms with Crippen molar-refractivity contribution < 1.29 is 9.90 Å². The Morgan fingerprint density at radius 2 is 2.29 bits per heavy atom. The Morgan fingerprint density at radius 1 is 1.50 bits per heavy atom. The van der Waals surface area contributed by atoms with Gasteiger partial charge in [0.1, 0.15) is 5.75 Å². The number of amides is 1. The molecule has 1 heterocycles. The van der Waals surface area contributed by atoms with Crippen molar-refractivity contribution >= 4 is 5.91 Å². The topological polar surface area (TPSA) is 40.5 Å². The molecule has 0 saturated heterocycles. The molecule has 0 atom stereocenters. The van der Waals surface area contributed by atoms with Gasteiger partial charge >= 0.3 is 0 Å². The maximum absolute atomic E-state index is 11.7. The van der Waals surface area contributed by atoms with E-state index in [1.165, 1.54) is 0 Å². The molecule has 1 aromatic carbocycles. The maximum atomic E-state index is 11.7. The van der Waals surface area contributed by atoms with E-state index in [0.29, 0.717) is 6.54 Å². The Morgan fingerprint density at radius 3 is 3.00 bits per heavy atom. The highest BCUT2D eigenvalue weighted by Crippen LogP contribution is 2.25. The molecule has 0 saturated carbocycles. The smallest absolute Gasteiger partial charge is 0.254 e. The minimum absolute atomic E-state index is 0.0850. The van der Waals surface area contributed by atoms with Crippen LogP contribution in [0.2, 0.25) is 0 Å². The predicted molar refractivity (Wildman–Crippen MR) is 53.1 cm³/mol. The summed E-state index contributed by atoms with van der Waals surface area (Å²) in [6, 6.07) is 4.93. The highest BCUT2D eigenvalue weighted by molar-refractivity contribution is 5.98. The highest BCUT2D eigenvalue weighted by atomic mass is 16.3. The fraction of sp³-hybridized carbons (Fsp3) is 0.364. The number of carbonyl (C=O) groups is 1. The van der Waals surface area contributed by atoms with Crippen molar-refractivity contribution in [2.45, 2.75) is 19.9 Å². The lowest BCUT2D eigenvalue weighted by Gasteiger charge is -2.13. The van der Waals surface area contributed by atoms with E-state index in [4.69, 9.17) is 0 Å². The van der Waals surface area contributed by atoms with Gasteiger partial charge in [0.2, 0.25) is 0 Å². The number of rotatable bonds is 2. The van der Waals surface area contributed by atoms with Crippen molar-refractivity contribution in [2.24, 2.45) is 0 Å². The Labute approximate surface area is 83.0 Å². The molecule has 0 fully saturated rings. The number of phenols is 1. The fourth-order valence-electron chi connectivity index (χ4n) is 1.82. The van der Waals surface area contributed by atoms with Gasteiger partial charge in [-0.05, 0) is 30.2 Å². The van der Waals surface area contributed by atoms with Crippen molar-refractivity contribution in [3.8, 4) is 5.75 Å². The van der Waals surface area contributed by atoms with Crippen LogP contribution in [0.1, 0.15) is 29.3 Å². The lowest BCUT2D eigenvalue weighted by molar-refractivity contribution is 0.0778. The summed E-state index contributed by atoms with van der Waals surface area (Å²) in [7, 11) is 0. The summed E-state index contributed by atoms with van der Waals surface area (Å²) in [5.74, 6) is 0.316. The third-order valence-electron chi connectivity index (χ3n) is 2.46. The van der Waals surface area contributed by atoms with Crippen molar-refractivity contribution in [2.75, 3.05) is 6.54 Å². The molecular weight excluding hydrogens is 178 g/mol. The Hall–Kier alpha value is -1.51. The Balaban J connectivity index is 2.31. The molecule has 3 heteroatoms. The average molecular weight is 191 g/mol. The molecule has 0 spiro atoms. The number of nitrogens with zero attached hydrogens (tertiary/aromatic N) is 1. The Bertz CT molecular complexity index is 374. The van der Waals surface area contributed by atoms with E-state index in [-0.39, 0.29) is 11.7 Å². The molecule has 1 aliphatic rings. The lowest BCUT2D eigenvalue weighted by Crippen LogP contribution is -2.24. The van der Waals surface area contributed by atoms with Crippen LogP contribution in [-0.4, -0.2) is 22.5 Å². The third-order valence-corrected chi connectivity index (χ3v) is 2.46. The van der Waals surface area contributed by atoms with Gasteiger partial charge in [-0.3, -0.25) is 4.79 Å². The number of fused-ring (bicyclic) bond motifs is 1. The molecule has 1 amide bonds. The summed E-state index contributed by atoms with van der Waals surface area (Å²) in [4.78, 5) is 13.6. The summed E-state index contributed by atoms with van der Waals surface area (Å²) in [6.07, 6.45) is 0.964. The van der Waals surface area contributed by atoms with E-state index in [0.717, 1.165) is 24.1 Å². The zero-order valence-corrected chi connectivity index (χ0v) is 8.16. The average Bonchev–Trinajstić information content (AvgIpc) is 2.44. The first-order valence-electron chi connectivity index (χ1n) is 4.83. The molecule has 2 rings (SSSR count). The van der Waals surface area contributed by atoms with E-state index in [2.05, 4.69) is 0 Å². The molecule has 3 nitrogen and oxygen atoms in total. The van der Waals surface area contributed by atoms with Crippen molar-refractivity contribution in [1.82, 2.24) is 4.90 Å². The second kappa shape index (κ2) is 3.33. The van der Waals surface area contributed by atoms with Gasteiger partial charge in [0.15, 0.2) is 0 Å². The zero-order chi connectivity index (χ0) is 10.1. The first-order chi connectivity index (χ1) is 6.72. The molecule has 0 aliphatic carbocycles. The maximum Gasteiger partial charge on any atom is 0.254 e. The van der Waals surface area contributed by atoms with Crippen LogP contribution in [-0.2, 0) is 6.54 Å². The Kier molecular flexibility index (Phi) is 2.15. The summed E-state index contributed by atoms with van der Waals surface area (Å²) < 4.78 is 0. The van der Waals surface area contributed by atoms with Crippen LogP contribution in [0.3, 0.4) is 0 Å². The van der Waals surface area contributed by atoms with Crippen molar-refractivity contribution in [3.05, 3.63) is 29.3 Å². The van der Waals surface area contributed by atoms with Crippen LogP contribution >= 0.6 is 0 Å². The minimum atomic E-state index is 0.0850. The van der Waals surface area contributed by atoms with Gasteiger partial charge in [-0.25, -0.2) is 0 Å². The summed E-state index contributed by atoms with van der Waals surface area (Å²) in [6.45, 7) is 3.47. The zero-order valence-electron chi connectivity index (χ0n) is 8.16. The monoisotopic (exact) mass is 191 g/mol. The van der Waals surface area contributed by atoms with Crippen molar-refractivity contribution in [3.63, 3.8) is 0 Å². The van der Waals surface area contributed by atoms with Gasteiger partial charge in [-0.1, -0.05) is 6.92 Å². The van der Waals surface area contributed by atoms with Crippen LogP contribution in [0.25, 0.3) is 0 Å². The van der Waals surface area contributed by atoms with E-state index in [1.54, 1.807) is 18.2 Å². The van der Waals surface area contributed by atoms with Gasteiger partial charge in [-0.15, -0.1) is 0 Å². The second-order valence-corrected chi connectivity index (χ2v) is 3.57. The van der Waals surface area contributed by atoms with Gasteiger partial charge < -0.3 is 10.0 Å². The fourth-order valence-corrected chi connectivity index (χ4v) is 1.82. The minimum Gasteiger partial charge on any atom is -0.508 e. The molecule has 1 aromatic rings. The van der Waals surface area contributed by atoms with Crippen LogP contribution in [0.15, 0.2) is 18.2 Å². The van der Waals surface area contributed by atoms with Gasteiger partial charge in [0, 0.05) is 18.7 Å². The molecule has 74 valence electrons. The van der Waals surface area contributed by atoms with E-state index in [1.807, 2.05) is 11.8 Å². The highest BCUT2D eigenvalue weighted by Gasteiger charge is 2.26. The van der Waals surface area contributed by atoms with E-state index in [9.17, 15) is 9.90 Å². The largest absolute Gasteiger partial charge is 0.508 e. The third kappa shape index (κ3) is 1.35. The lowest BCUT2D eigenvalue weighted by atomic mass is 10.1. The van der Waals surface area contributed by atoms with Gasteiger partial charge in [0.05, 0.1) is 0 Å². The molecule has 0 aromatic heterocycles. The van der Waals surface area contributed by atoms with Crippen molar-refractivity contribution in [1.29, 1.82) is 0 Å². The second-order valence-electron chi connectivity index (χ2n) is 3.57. The number of benzene rings is 1. The number of hydrogen-bond donors (Lipinski definition) is 1. The SMILES string of the molecule is CCCN1Cc2cc(O)ccc2C1=O. The van der Waals surface area contributed by atoms with E-state index >= 15 is 0 Å². The standard InChI is InChI=1S/C11H13NO2/c1-2-5-12-7-8-6-9(13)3-4-10(8)11(12)14/h3-4,6,13H,2,5,7H2,1H3. The summed E-state index contributed by atoms with van der Waals surface area (Å²) in [5.41, 5.74) is 1.67. The van der Waals surface area contributed by atoms with Gasteiger partial charge in [-0.2, -0.15) is 0 Å². The summed E-state index contributed by atoms with van der Waals surface area (Å²) >= 11 is 0. The summed E-state index contributed by atoms with van der Waals surface area (Å²) in [5, 5.41) is 9.27.